The largest absolute Gasteiger partial charge is 0.478 e. The Bertz CT molecular complexity index is 433. The van der Waals surface area contributed by atoms with E-state index in [0.717, 1.165) is 0 Å². The molecule has 15 heavy (non-hydrogen) atoms. The number of rotatable bonds is 2. The van der Waals surface area contributed by atoms with E-state index in [1.165, 1.54) is 12.1 Å². The maximum atomic E-state index is 10.7. The van der Waals surface area contributed by atoms with Gasteiger partial charge in [-0.3, -0.25) is 4.79 Å². The summed E-state index contributed by atoms with van der Waals surface area (Å²) in [4.78, 5) is 21.3. The zero-order valence-electron chi connectivity index (χ0n) is 7.05. The fourth-order valence-corrected chi connectivity index (χ4v) is 1.50. The number of carboxylic acids is 1. The molecule has 80 valence electrons. The average Bonchev–Trinajstić information content (AvgIpc) is 2.09. The van der Waals surface area contributed by atoms with Crippen molar-refractivity contribution in [3.05, 3.63) is 27.7 Å². The molecule has 1 aromatic rings. The van der Waals surface area contributed by atoms with Crippen LogP contribution in [-0.2, 0) is 0 Å². The highest BCUT2D eigenvalue weighted by Gasteiger charge is 2.15. The number of anilines is 1. The Morgan fingerprint density at radius 2 is 1.87 bits per heavy atom. The van der Waals surface area contributed by atoms with Crippen molar-refractivity contribution in [3.8, 4) is 0 Å². The predicted molar refractivity (Wildman–Crippen MR) is 58.3 cm³/mol. The monoisotopic (exact) mass is 267 g/mol. The van der Waals surface area contributed by atoms with Gasteiger partial charge in [0.05, 0.1) is 16.3 Å². The van der Waals surface area contributed by atoms with Gasteiger partial charge in [-0.1, -0.05) is 23.2 Å². The van der Waals surface area contributed by atoms with E-state index < -0.39 is 11.3 Å². The number of benzene rings is 1. The number of nitrogens with one attached hydrogen (secondary N) is 1. The van der Waals surface area contributed by atoms with Gasteiger partial charge in [-0.05, 0) is 23.7 Å². The molecule has 0 aliphatic heterocycles. The molecule has 0 fully saturated rings. The number of hydrogen-bond acceptors (Lipinski definition) is 2. The van der Waals surface area contributed by atoms with Crippen LogP contribution in [-0.4, -0.2) is 16.4 Å². The van der Waals surface area contributed by atoms with Gasteiger partial charge in [0.15, 0.2) is 0 Å². The van der Waals surface area contributed by atoms with Crippen molar-refractivity contribution in [1.29, 1.82) is 0 Å². The van der Waals surface area contributed by atoms with Crippen LogP contribution in [0, 0.1) is 0 Å². The summed E-state index contributed by atoms with van der Waals surface area (Å²) in [5, 5.41) is 10.0. The molecule has 0 saturated heterocycles. The second-order valence-electron chi connectivity index (χ2n) is 2.52. The minimum absolute atomic E-state index is 0.0570. The summed E-state index contributed by atoms with van der Waals surface area (Å²) < 4.78 is 0. The molecule has 0 aromatic heterocycles. The number of amides is 1. The summed E-state index contributed by atoms with van der Waals surface area (Å²) in [5.74, 6) is -1.24. The first-order valence-electron chi connectivity index (χ1n) is 3.60. The van der Waals surface area contributed by atoms with Gasteiger partial charge in [0, 0.05) is 5.02 Å². The SMILES string of the molecule is O=C(Cl)Nc1cc(Cl)cc(C(=O)O)c1Cl. The first-order chi connectivity index (χ1) is 6.91. The van der Waals surface area contributed by atoms with Gasteiger partial charge in [0.25, 0.3) is 0 Å². The molecule has 0 saturated carbocycles. The molecule has 1 amide bonds. The van der Waals surface area contributed by atoms with E-state index in [1.807, 2.05) is 0 Å². The third kappa shape index (κ3) is 2.99. The summed E-state index contributed by atoms with van der Waals surface area (Å²) in [6, 6.07) is 2.48. The van der Waals surface area contributed by atoms with Crippen molar-refractivity contribution in [2.24, 2.45) is 0 Å². The molecule has 1 rings (SSSR count). The minimum atomic E-state index is -1.24. The molecule has 0 radical (unpaired) electrons. The summed E-state index contributed by atoms with van der Waals surface area (Å²) >= 11 is 16.4. The third-order valence-corrected chi connectivity index (χ3v) is 2.22. The molecule has 1 aromatic carbocycles. The van der Waals surface area contributed by atoms with Crippen molar-refractivity contribution in [2.45, 2.75) is 0 Å². The van der Waals surface area contributed by atoms with Crippen molar-refractivity contribution in [3.63, 3.8) is 0 Å². The van der Waals surface area contributed by atoms with Gasteiger partial charge in [0.1, 0.15) is 0 Å². The number of carbonyl (C=O) groups excluding carboxylic acids is 1. The van der Waals surface area contributed by atoms with E-state index in [9.17, 15) is 9.59 Å². The molecule has 0 heterocycles. The Balaban J connectivity index is 3.28. The topological polar surface area (TPSA) is 66.4 Å². The molecule has 7 heteroatoms. The van der Waals surface area contributed by atoms with Gasteiger partial charge in [-0.15, -0.1) is 0 Å². The predicted octanol–water partition coefficient (Wildman–Crippen LogP) is 3.46. The van der Waals surface area contributed by atoms with Gasteiger partial charge < -0.3 is 10.4 Å². The second kappa shape index (κ2) is 4.70. The molecule has 0 spiro atoms. The highest BCUT2D eigenvalue weighted by molar-refractivity contribution is 6.66. The lowest BCUT2D eigenvalue weighted by molar-refractivity contribution is 0.0697. The molecule has 0 unspecified atom stereocenters. The first-order valence-corrected chi connectivity index (χ1v) is 4.74. The van der Waals surface area contributed by atoms with Crippen LogP contribution in [0.3, 0.4) is 0 Å². The van der Waals surface area contributed by atoms with E-state index >= 15 is 0 Å². The Kier molecular flexibility index (Phi) is 3.79. The van der Waals surface area contributed by atoms with Crippen LogP contribution >= 0.6 is 34.8 Å². The average molecular weight is 268 g/mol. The highest BCUT2D eigenvalue weighted by atomic mass is 35.5. The van der Waals surface area contributed by atoms with Gasteiger partial charge >= 0.3 is 11.3 Å². The summed E-state index contributed by atoms with van der Waals surface area (Å²) in [6.07, 6.45) is 0. The summed E-state index contributed by atoms with van der Waals surface area (Å²) in [7, 11) is 0. The fraction of sp³-hybridized carbons (Fsp3) is 0. The molecule has 2 N–H and O–H groups in total. The first kappa shape index (κ1) is 12.1. The van der Waals surface area contributed by atoms with E-state index in [4.69, 9.17) is 39.9 Å². The number of hydrogen-bond donors (Lipinski definition) is 2. The standard InChI is InChI=1S/C8H4Cl3NO3/c9-3-1-4(7(13)14)6(10)5(2-3)12-8(11)15/h1-2H,(H,12,15)(H,13,14). The van der Waals surface area contributed by atoms with Crippen molar-refractivity contribution >= 4 is 51.8 Å². The zero-order valence-corrected chi connectivity index (χ0v) is 9.32. The van der Waals surface area contributed by atoms with Crippen LogP contribution in [0.25, 0.3) is 0 Å². The zero-order chi connectivity index (χ0) is 11.6. The highest BCUT2D eigenvalue weighted by Crippen LogP contribution is 2.30. The van der Waals surface area contributed by atoms with Crippen LogP contribution in [0.1, 0.15) is 10.4 Å². The third-order valence-electron chi connectivity index (χ3n) is 1.50. The van der Waals surface area contributed by atoms with E-state index in [1.54, 1.807) is 0 Å². The Hall–Kier alpha value is -0.970. The van der Waals surface area contributed by atoms with Crippen molar-refractivity contribution in [2.75, 3.05) is 5.32 Å². The normalized spacial score (nSPS) is 9.80. The van der Waals surface area contributed by atoms with Gasteiger partial charge in [-0.2, -0.15) is 0 Å². The smallest absolute Gasteiger partial charge is 0.337 e. The second-order valence-corrected chi connectivity index (χ2v) is 3.68. The Morgan fingerprint density at radius 3 is 2.33 bits per heavy atom. The lowest BCUT2D eigenvalue weighted by Crippen LogP contribution is -2.05. The molecule has 0 atom stereocenters. The quantitative estimate of drug-likeness (QED) is 0.637. The Labute approximate surface area is 99.7 Å². The molecular weight excluding hydrogens is 264 g/mol. The van der Waals surface area contributed by atoms with E-state index in [2.05, 4.69) is 5.32 Å². The fourth-order valence-electron chi connectivity index (χ4n) is 0.942. The molecule has 0 aliphatic carbocycles. The maximum Gasteiger partial charge on any atom is 0.337 e. The Morgan fingerprint density at radius 1 is 1.27 bits per heavy atom. The molecule has 4 nitrogen and oxygen atoms in total. The molecule has 0 aliphatic rings. The van der Waals surface area contributed by atoms with Crippen LogP contribution in [0.2, 0.25) is 10.0 Å². The maximum absolute atomic E-state index is 10.7. The lowest BCUT2D eigenvalue weighted by Gasteiger charge is -2.07. The van der Waals surface area contributed by atoms with Crippen LogP contribution in [0.5, 0.6) is 0 Å². The van der Waals surface area contributed by atoms with E-state index in [-0.39, 0.29) is 21.3 Å². The van der Waals surface area contributed by atoms with E-state index in [0.29, 0.717) is 0 Å². The molecular formula is C8H4Cl3NO3. The van der Waals surface area contributed by atoms with Crippen LogP contribution in [0.4, 0.5) is 10.5 Å². The van der Waals surface area contributed by atoms with Crippen molar-refractivity contribution in [1.82, 2.24) is 0 Å². The summed E-state index contributed by atoms with van der Waals surface area (Å²) in [6.45, 7) is 0. The van der Waals surface area contributed by atoms with Crippen LogP contribution in [0.15, 0.2) is 12.1 Å². The molecule has 0 bridgehead atoms. The van der Waals surface area contributed by atoms with Crippen LogP contribution < -0.4 is 5.32 Å². The number of aromatic carboxylic acids is 1. The number of carboxylic acid groups (broad SMARTS) is 1. The summed E-state index contributed by atoms with van der Waals surface area (Å²) in [5.41, 5.74) is -0.147. The minimum Gasteiger partial charge on any atom is -0.478 e. The van der Waals surface area contributed by atoms with Crippen molar-refractivity contribution < 1.29 is 14.7 Å². The number of carbonyl (C=O) groups is 2. The number of halogens is 3. The van der Waals surface area contributed by atoms with Gasteiger partial charge in [-0.25, -0.2) is 4.79 Å². The lowest BCUT2D eigenvalue weighted by atomic mass is 10.2. The van der Waals surface area contributed by atoms with Gasteiger partial charge in [0.2, 0.25) is 0 Å².